The van der Waals surface area contributed by atoms with Gasteiger partial charge in [0.1, 0.15) is 22.5 Å². The minimum absolute atomic E-state index is 0.187. The van der Waals surface area contributed by atoms with Gasteiger partial charge in [-0.05, 0) is 19.1 Å². The lowest BCUT2D eigenvalue weighted by Crippen LogP contribution is -2.26. The summed E-state index contributed by atoms with van der Waals surface area (Å²) in [6.07, 6.45) is 1.37. The predicted molar refractivity (Wildman–Crippen MR) is 115 cm³/mol. The van der Waals surface area contributed by atoms with Crippen LogP contribution < -0.4 is 14.4 Å². The molecule has 0 atom stereocenters. The van der Waals surface area contributed by atoms with E-state index in [2.05, 4.69) is 4.98 Å². The lowest BCUT2D eigenvalue weighted by molar-refractivity contribution is 0.0257. The smallest absolute Gasteiger partial charge is 0.266 e. The molecule has 30 heavy (non-hydrogen) atoms. The lowest BCUT2D eigenvalue weighted by atomic mass is 10.0. The Morgan fingerprint density at radius 2 is 1.83 bits per heavy atom. The Kier molecular flexibility index (Phi) is 5.36. The molecule has 4 rings (SSSR count). The fourth-order valence-electron chi connectivity index (χ4n) is 3.76. The number of alkyl halides is 2. The molecule has 0 saturated carbocycles. The van der Waals surface area contributed by atoms with E-state index in [0.29, 0.717) is 44.4 Å². The van der Waals surface area contributed by atoms with Crippen LogP contribution >= 0.6 is 23.2 Å². The number of fused-ring (bicyclic) bond motifs is 1. The van der Waals surface area contributed by atoms with Crippen LogP contribution in [0.2, 0.25) is 10.2 Å². The zero-order valence-corrected chi connectivity index (χ0v) is 18.1. The number of hydrogen-bond acceptors (Lipinski definition) is 5. The van der Waals surface area contributed by atoms with Gasteiger partial charge < -0.3 is 14.4 Å². The summed E-state index contributed by atoms with van der Waals surface area (Å²) in [6.45, 7) is 1.63. The van der Waals surface area contributed by atoms with Gasteiger partial charge in [-0.25, -0.2) is 18.7 Å². The molecule has 5 nitrogen and oxygen atoms in total. The van der Waals surface area contributed by atoms with Gasteiger partial charge in [-0.1, -0.05) is 23.2 Å². The first-order chi connectivity index (χ1) is 14.2. The fourth-order valence-corrected chi connectivity index (χ4v) is 4.28. The highest BCUT2D eigenvalue weighted by atomic mass is 35.5. The van der Waals surface area contributed by atoms with Gasteiger partial charge in [-0.15, -0.1) is 0 Å². The van der Waals surface area contributed by atoms with E-state index in [1.807, 2.05) is 13.0 Å². The summed E-state index contributed by atoms with van der Waals surface area (Å²) < 4.78 is 38.7. The molecule has 1 aliphatic rings. The van der Waals surface area contributed by atoms with E-state index in [0.717, 1.165) is 5.56 Å². The van der Waals surface area contributed by atoms with Gasteiger partial charge >= 0.3 is 0 Å². The van der Waals surface area contributed by atoms with E-state index in [4.69, 9.17) is 37.7 Å². The summed E-state index contributed by atoms with van der Waals surface area (Å²) in [7, 11) is 3.06. The fraction of sp³-hybridized carbons (Fsp3) is 0.333. The molecule has 2 aromatic heterocycles. The van der Waals surface area contributed by atoms with E-state index in [1.54, 1.807) is 30.3 Å². The monoisotopic (exact) mass is 453 g/mol. The molecule has 1 fully saturated rings. The molecule has 1 aliphatic heterocycles. The molecule has 0 N–H and O–H groups in total. The largest absolute Gasteiger partial charge is 0.496 e. The number of nitrogens with zero attached hydrogens (tertiary/aromatic N) is 3. The second-order valence-corrected chi connectivity index (χ2v) is 7.95. The summed E-state index contributed by atoms with van der Waals surface area (Å²) in [6, 6.07) is 5.15. The highest BCUT2D eigenvalue weighted by Crippen LogP contribution is 2.44. The minimum atomic E-state index is -2.77. The Morgan fingerprint density at radius 1 is 1.10 bits per heavy atom. The van der Waals surface area contributed by atoms with Gasteiger partial charge in [0.2, 0.25) is 0 Å². The number of methoxy groups -OCH3 is 2. The van der Waals surface area contributed by atoms with Gasteiger partial charge in [0, 0.05) is 47.1 Å². The molecule has 0 unspecified atom stereocenters. The maximum absolute atomic E-state index is 13.9. The number of aromatic nitrogens is 2. The third kappa shape index (κ3) is 3.61. The van der Waals surface area contributed by atoms with Crippen LogP contribution in [0.3, 0.4) is 0 Å². The SMILES string of the molecule is COc1cc(OC)c(Cl)c(-c2cc3cnc(Cl)cc3c(N3CCC(F)(F)C3)n2)c1C. The molecule has 1 aromatic carbocycles. The molecule has 0 amide bonds. The zero-order chi connectivity index (χ0) is 21.6. The maximum atomic E-state index is 13.9. The van der Waals surface area contributed by atoms with Gasteiger partial charge in [-0.3, -0.25) is 0 Å². The molecular weight excluding hydrogens is 435 g/mol. The quantitative estimate of drug-likeness (QED) is 0.468. The van der Waals surface area contributed by atoms with Crippen LogP contribution in [-0.2, 0) is 0 Å². The number of anilines is 1. The standard InChI is InChI=1S/C21H19Cl2F2N3O2/c1-11-15(29-2)8-16(30-3)19(23)18(11)14-6-12-9-26-17(22)7-13(12)20(27-14)28-5-4-21(24,25)10-28/h6-9H,4-5,10H2,1-3H3. The Morgan fingerprint density at radius 3 is 2.47 bits per heavy atom. The summed E-state index contributed by atoms with van der Waals surface area (Å²) in [5.74, 6) is -1.34. The molecular formula is C21H19Cl2F2N3O2. The number of pyridine rings is 2. The van der Waals surface area contributed by atoms with Crippen molar-refractivity contribution in [3.8, 4) is 22.8 Å². The minimum Gasteiger partial charge on any atom is -0.496 e. The van der Waals surface area contributed by atoms with E-state index >= 15 is 0 Å². The van der Waals surface area contributed by atoms with Crippen LogP contribution in [0.4, 0.5) is 14.6 Å². The number of hydrogen-bond donors (Lipinski definition) is 0. The average Bonchev–Trinajstić information content (AvgIpc) is 3.07. The van der Waals surface area contributed by atoms with Crippen molar-refractivity contribution in [1.29, 1.82) is 0 Å². The Balaban J connectivity index is 1.99. The summed E-state index contributed by atoms with van der Waals surface area (Å²) >= 11 is 12.7. The normalized spacial score (nSPS) is 15.6. The van der Waals surface area contributed by atoms with Gasteiger partial charge in [0.05, 0.1) is 31.5 Å². The highest BCUT2D eigenvalue weighted by Gasteiger charge is 2.39. The lowest BCUT2D eigenvalue weighted by Gasteiger charge is -2.22. The highest BCUT2D eigenvalue weighted by molar-refractivity contribution is 6.35. The molecule has 0 aliphatic carbocycles. The Bertz CT molecular complexity index is 1110. The molecule has 1 saturated heterocycles. The van der Waals surface area contributed by atoms with Crippen LogP contribution in [0.15, 0.2) is 24.4 Å². The van der Waals surface area contributed by atoms with Crippen molar-refractivity contribution < 1.29 is 18.3 Å². The molecule has 3 heterocycles. The number of benzene rings is 1. The van der Waals surface area contributed by atoms with Gasteiger partial charge in [-0.2, -0.15) is 0 Å². The summed E-state index contributed by atoms with van der Waals surface area (Å²) in [5, 5.41) is 2.00. The third-order valence-corrected chi connectivity index (χ3v) is 5.85. The van der Waals surface area contributed by atoms with Crippen molar-refractivity contribution in [2.45, 2.75) is 19.3 Å². The van der Waals surface area contributed by atoms with Crippen LogP contribution in [0.5, 0.6) is 11.5 Å². The van der Waals surface area contributed by atoms with Crippen LogP contribution in [0.1, 0.15) is 12.0 Å². The zero-order valence-electron chi connectivity index (χ0n) is 16.6. The summed E-state index contributed by atoms with van der Waals surface area (Å²) in [5.41, 5.74) is 1.88. The topological polar surface area (TPSA) is 47.5 Å². The van der Waals surface area contributed by atoms with E-state index in [9.17, 15) is 8.78 Å². The van der Waals surface area contributed by atoms with Crippen LogP contribution in [-0.4, -0.2) is 43.2 Å². The van der Waals surface area contributed by atoms with Crippen molar-refractivity contribution >= 4 is 39.8 Å². The van der Waals surface area contributed by atoms with Gasteiger partial charge in [0.15, 0.2) is 0 Å². The maximum Gasteiger partial charge on any atom is 0.266 e. The average molecular weight is 454 g/mol. The van der Waals surface area contributed by atoms with Gasteiger partial charge in [0.25, 0.3) is 5.92 Å². The predicted octanol–water partition coefficient (Wildman–Crippen LogP) is 5.77. The molecule has 158 valence electrons. The van der Waals surface area contributed by atoms with Crippen molar-refractivity contribution in [3.63, 3.8) is 0 Å². The first kappa shape index (κ1) is 20.9. The van der Waals surface area contributed by atoms with Crippen molar-refractivity contribution in [2.75, 3.05) is 32.2 Å². The van der Waals surface area contributed by atoms with Crippen molar-refractivity contribution in [1.82, 2.24) is 9.97 Å². The van der Waals surface area contributed by atoms with E-state index in [1.165, 1.54) is 7.11 Å². The van der Waals surface area contributed by atoms with Crippen LogP contribution in [0.25, 0.3) is 22.0 Å². The molecule has 0 radical (unpaired) electrons. The van der Waals surface area contributed by atoms with Crippen molar-refractivity contribution in [3.05, 3.63) is 40.1 Å². The first-order valence-corrected chi connectivity index (χ1v) is 10.00. The summed E-state index contributed by atoms with van der Waals surface area (Å²) in [4.78, 5) is 10.5. The third-order valence-electron chi connectivity index (χ3n) is 5.27. The molecule has 3 aromatic rings. The van der Waals surface area contributed by atoms with Crippen LogP contribution in [0, 0.1) is 6.92 Å². The molecule has 0 spiro atoms. The number of rotatable bonds is 4. The Hall–Kier alpha value is -2.38. The second-order valence-electron chi connectivity index (χ2n) is 7.18. The second kappa shape index (κ2) is 7.71. The Labute approximate surface area is 182 Å². The molecule has 9 heteroatoms. The van der Waals surface area contributed by atoms with E-state index < -0.39 is 12.5 Å². The first-order valence-electron chi connectivity index (χ1n) is 9.24. The van der Waals surface area contributed by atoms with E-state index in [-0.39, 0.29) is 18.1 Å². The molecule has 0 bridgehead atoms. The number of ether oxygens (including phenoxy) is 2. The number of halogens is 4. The van der Waals surface area contributed by atoms with Crippen molar-refractivity contribution in [2.24, 2.45) is 0 Å².